The number of nitrogens with zero attached hydrogens (tertiary/aromatic N) is 1. The van der Waals surface area contributed by atoms with E-state index in [0.29, 0.717) is 6.61 Å². The zero-order valence-electron chi connectivity index (χ0n) is 7.93. The molecule has 0 spiro atoms. The Morgan fingerprint density at radius 2 is 2.38 bits per heavy atom. The Labute approximate surface area is 78.1 Å². The Bertz CT molecular complexity index is 202. The van der Waals surface area contributed by atoms with Crippen molar-refractivity contribution >= 4 is 0 Å². The molecule has 1 heterocycles. The number of aliphatic hydroxyl groups is 1. The van der Waals surface area contributed by atoms with E-state index in [9.17, 15) is 5.11 Å². The van der Waals surface area contributed by atoms with Gasteiger partial charge in [0.2, 0.25) is 0 Å². The molecular weight excluding hydrogens is 170 g/mol. The molecule has 0 aromatic rings. The van der Waals surface area contributed by atoms with E-state index >= 15 is 0 Å². The Morgan fingerprint density at radius 3 is 2.92 bits per heavy atom. The lowest BCUT2D eigenvalue weighted by Gasteiger charge is -2.36. The van der Waals surface area contributed by atoms with Crippen molar-refractivity contribution in [3.05, 3.63) is 0 Å². The Morgan fingerprint density at radius 1 is 1.69 bits per heavy atom. The van der Waals surface area contributed by atoms with Gasteiger partial charge in [0, 0.05) is 5.92 Å². The summed E-state index contributed by atoms with van der Waals surface area (Å²) in [5.74, 6) is 0.0671. The van der Waals surface area contributed by atoms with Crippen molar-refractivity contribution in [2.24, 2.45) is 5.92 Å². The highest BCUT2D eigenvalue weighted by atomic mass is 16.5. The van der Waals surface area contributed by atoms with Crippen LogP contribution in [0.1, 0.15) is 20.3 Å². The lowest BCUT2D eigenvalue weighted by atomic mass is 9.92. The Hall–Kier alpha value is -0.790. The van der Waals surface area contributed by atoms with E-state index in [-0.39, 0.29) is 12.0 Å². The first-order valence-electron chi connectivity index (χ1n) is 4.55. The van der Waals surface area contributed by atoms with Crippen LogP contribution in [-0.4, -0.2) is 30.0 Å². The number of ether oxygens (including phenoxy) is 2. The summed E-state index contributed by atoms with van der Waals surface area (Å²) >= 11 is 0. The van der Waals surface area contributed by atoms with E-state index < -0.39 is 12.2 Å². The molecule has 0 radical (unpaired) electrons. The monoisotopic (exact) mass is 185 g/mol. The quantitative estimate of drug-likeness (QED) is 0.642. The van der Waals surface area contributed by atoms with Crippen molar-refractivity contribution in [1.29, 1.82) is 5.26 Å². The normalized spacial score (nSPS) is 39.5. The molecule has 4 nitrogen and oxygen atoms in total. The summed E-state index contributed by atoms with van der Waals surface area (Å²) in [6.45, 7) is 4.38. The lowest BCUT2D eigenvalue weighted by Crippen LogP contribution is -2.49. The van der Waals surface area contributed by atoms with Crippen molar-refractivity contribution in [1.82, 2.24) is 0 Å². The molecule has 4 atom stereocenters. The maximum atomic E-state index is 9.73. The average Bonchev–Trinajstić information content (AvgIpc) is 2.12. The summed E-state index contributed by atoms with van der Waals surface area (Å²) < 4.78 is 10.2. The third-order valence-electron chi connectivity index (χ3n) is 2.44. The number of aliphatic hydroxyl groups excluding tert-OH is 1. The highest BCUT2D eigenvalue weighted by Gasteiger charge is 2.38. The van der Waals surface area contributed by atoms with Crippen molar-refractivity contribution in [2.75, 3.05) is 6.61 Å². The third-order valence-corrected chi connectivity index (χ3v) is 2.44. The molecule has 1 rings (SSSR count). The molecule has 1 aliphatic heterocycles. The highest BCUT2D eigenvalue weighted by molar-refractivity contribution is 4.86. The molecule has 4 heteroatoms. The van der Waals surface area contributed by atoms with Crippen molar-refractivity contribution in [2.45, 2.75) is 38.6 Å². The molecule has 1 N–H and O–H groups in total. The van der Waals surface area contributed by atoms with Crippen LogP contribution in [-0.2, 0) is 9.47 Å². The van der Waals surface area contributed by atoms with E-state index in [2.05, 4.69) is 0 Å². The molecule has 1 aliphatic rings. The molecule has 13 heavy (non-hydrogen) atoms. The Balaban J connectivity index is 2.61. The van der Waals surface area contributed by atoms with Gasteiger partial charge in [0.15, 0.2) is 0 Å². The second-order valence-corrected chi connectivity index (χ2v) is 3.42. The molecule has 0 saturated carbocycles. The minimum absolute atomic E-state index is 0.0671. The van der Waals surface area contributed by atoms with Gasteiger partial charge in [-0.3, -0.25) is 0 Å². The molecule has 0 aromatic carbocycles. The molecule has 1 fully saturated rings. The largest absolute Gasteiger partial charge is 0.421 e. The van der Waals surface area contributed by atoms with Crippen LogP contribution < -0.4 is 0 Å². The summed E-state index contributed by atoms with van der Waals surface area (Å²) in [4.78, 5) is 0. The maximum absolute atomic E-state index is 9.73. The zero-order valence-corrected chi connectivity index (χ0v) is 7.93. The average molecular weight is 185 g/mol. The first-order valence-corrected chi connectivity index (χ1v) is 4.55. The standard InChI is InChI=1S/C9H15NO3/c1-3-7-8(11)9(13-5-10)6(2)4-12-7/h6-9,11H,3-4H2,1-2H3/t6?,7?,8-,9+/m0/s1. The van der Waals surface area contributed by atoms with Gasteiger partial charge in [-0.15, -0.1) is 0 Å². The molecular formula is C9H15NO3. The second kappa shape index (κ2) is 4.45. The van der Waals surface area contributed by atoms with Crippen LogP contribution in [0.3, 0.4) is 0 Å². The number of hydrogen-bond donors (Lipinski definition) is 1. The minimum atomic E-state index is -0.687. The summed E-state index contributed by atoms with van der Waals surface area (Å²) in [7, 11) is 0. The summed E-state index contributed by atoms with van der Waals surface area (Å²) in [5.41, 5.74) is 0. The van der Waals surface area contributed by atoms with E-state index in [4.69, 9.17) is 14.7 Å². The van der Waals surface area contributed by atoms with Gasteiger partial charge in [0.25, 0.3) is 6.26 Å². The van der Waals surface area contributed by atoms with Crippen molar-refractivity contribution < 1.29 is 14.6 Å². The molecule has 74 valence electrons. The Kier molecular flexibility index (Phi) is 3.52. The molecule has 0 aromatic heterocycles. The fourth-order valence-corrected chi connectivity index (χ4v) is 1.62. The van der Waals surface area contributed by atoms with E-state index in [0.717, 1.165) is 6.42 Å². The lowest BCUT2D eigenvalue weighted by molar-refractivity contribution is -0.160. The fourth-order valence-electron chi connectivity index (χ4n) is 1.62. The summed E-state index contributed by atoms with van der Waals surface area (Å²) in [6, 6.07) is 0. The smallest absolute Gasteiger partial charge is 0.286 e. The SMILES string of the molecule is CCC1OCC(C)[C@@H](OC#N)[C@H]1O. The number of nitriles is 1. The summed E-state index contributed by atoms with van der Waals surface area (Å²) in [5, 5.41) is 18.1. The van der Waals surface area contributed by atoms with Gasteiger partial charge in [-0.1, -0.05) is 13.8 Å². The predicted octanol–water partition coefficient (Wildman–Crippen LogP) is 0.658. The number of hydrogen-bond acceptors (Lipinski definition) is 4. The molecule has 0 amide bonds. The topological polar surface area (TPSA) is 62.5 Å². The van der Waals surface area contributed by atoms with Crippen molar-refractivity contribution in [3.63, 3.8) is 0 Å². The third kappa shape index (κ3) is 2.11. The second-order valence-electron chi connectivity index (χ2n) is 3.42. The van der Waals surface area contributed by atoms with Crippen LogP contribution >= 0.6 is 0 Å². The zero-order chi connectivity index (χ0) is 9.84. The van der Waals surface area contributed by atoms with Crippen LogP contribution in [0.25, 0.3) is 0 Å². The van der Waals surface area contributed by atoms with Crippen LogP contribution in [0, 0.1) is 17.4 Å². The van der Waals surface area contributed by atoms with Crippen LogP contribution in [0.4, 0.5) is 0 Å². The molecule has 2 unspecified atom stereocenters. The van der Waals surface area contributed by atoms with Gasteiger partial charge in [0.05, 0.1) is 12.7 Å². The molecule has 0 aliphatic carbocycles. The predicted molar refractivity (Wildman–Crippen MR) is 45.7 cm³/mol. The minimum Gasteiger partial charge on any atom is -0.421 e. The summed E-state index contributed by atoms with van der Waals surface area (Å²) in [6.07, 6.45) is 1.06. The number of rotatable bonds is 2. The van der Waals surface area contributed by atoms with Crippen LogP contribution in [0.15, 0.2) is 0 Å². The maximum Gasteiger partial charge on any atom is 0.286 e. The van der Waals surface area contributed by atoms with Crippen LogP contribution in [0.5, 0.6) is 0 Å². The van der Waals surface area contributed by atoms with Gasteiger partial charge >= 0.3 is 0 Å². The molecule has 1 saturated heterocycles. The van der Waals surface area contributed by atoms with Gasteiger partial charge in [-0.05, 0) is 6.42 Å². The molecule has 0 bridgehead atoms. The van der Waals surface area contributed by atoms with E-state index in [1.165, 1.54) is 0 Å². The van der Waals surface area contributed by atoms with Gasteiger partial charge in [-0.25, -0.2) is 0 Å². The van der Waals surface area contributed by atoms with E-state index in [1.807, 2.05) is 13.8 Å². The first kappa shape index (κ1) is 10.3. The van der Waals surface area contributed by atoms with Crippen LogP contribution in [0.2, 0.25) is 0 Å². The van der Waals surface area contributed by atoms with Gasteiger partial charge in [0.1, 0.15) is 12.2 Å². The first-order chi connectivity index (χ1) is 6.20. The van der Waals surface area contributed by atoms with E-state index in [1.54, 1.807) is 6.26 Å². The van der Waals surface area contributed by atoms with Gasteiger partial charge < -0.3 is 14.6 Å². The fraction of sp³-hybridized carbons (Fsp3) is 0.889. The highest BCUT2D eigenvalue weighted by Crippen LogP contribution is 2.24. The van der Waals surface area contributed by atoms with Crippen molar-refractivity contribution in [3.8, 4) is 6.26 Å². The van der Waals surface area contributed by atoms with Gasteiger partial charge in [-0.2, -0.15) is 5.26 Å².